The summed E-state index contributed by atoms with van der Waals surface area (Å²) in [7, 11) is -3.16. The van der Waals surface area contributed by atoms with Crippen LogP contribution in [0.1, 0.15) is 29.6 Å². The number of halogens is 2. The van der Waals surface area contributed by atoms with E-state index in [0.717, 1.165) is 25.9 Å². The van der Waals surface area contributed by atoms with E-state index in [0.29, 0.717) is 9.13 Å². The molecule has 0 bridgehead atoms. The van der Waals surface area contributed by atoms with Crippen LogP contribution in [0.2, 0.25) is 0 Å². The normalized spacial score (nSPS) is 27.1. The lowest BCUT2D eigenvalue weighted by Crippen LogP contribution is -2.52. The second-order valence-electron chi connectivity index (χ2n) is 6.45. The van der Waals surface area contributed by atoms with Gasteiger partial charge >= 0.3 is 0 Å². The maximum atomic E-state index is 13.2. The number of hydrogen-bond acceptors (Lipinski definition) is 4. The Kier molecular flexibility index (Phi) is 5.45. The number of benzene rings is 1. The summed E-state index contributed by atoms with van der Waals surface area (Å²) >= 11 is 1.91. The summed E-state index contributed by atoms with van der Waals surface area (Å²) in [6, 6.07) is 3.39. The van der Waals surface area contributed by atoms with Crippen molar-refractivity contribution in [3.05, 3.63) is 33.1 Å². The summed E-state index contributed by atoms with van der Waals surface area (Å²) in [5, 5.41) is 2.87. The summed E-state index contributed by atoms with van der Waals surface area (Å²) in [5.74, 6) is -0.676. The van der Waals surface area contributed by atoms with Gasteiger partial charge in [-0.2, -0.15) is 0 Å². The predicted molar refractivity (Wildman–Crippen MR) is 98.2 cm³/mol. The number of piperidine rings is 1. The first kappa shape index (κ1) is 18.1. The maximum Gasteiger partial charge on any atom is 0.252 e. The summed E-state index contributed by atoms with van der Waals surface area (Å²) in [4.78, 5) is 14.7. The van der Waals surface area contributed by atoms with Crippen molar-refractivity contribution in [3.63, 3.8) is 0 Å². The number of sulfone groups is 1. The molecule has 3 rings (SSSR count). The molecular formula is C16H20FIN2O3S. The van der Waals surface area contributed by atoms with Crippen LogP contribution in [0.15, 0.2) is 18.2 Å². The number of carbonyl (C=O) groups is 1. The number of nitrogens with one attached hydrogen (secondary N) is 1. The van der Waals surface area contributed by atoms with E-state index in [1.54, 1.807) is 0 Å². The van der Waals surface area contributed by atoms with Crippen LogP contribution in [0.4, 0.5) is 4.39 Å². The van der Waals surface area contributed by atoms with Crippen molar-refractivity contribution in [2.75, 3.05) is 24.6 Å². The molecule has 2 fully saturated rings. The summed E-state index contributed by atoms with van der Waals surface area (Å²) in [6.45, 7) is 1.75. The largest absolute Gasteiger partial charge is 0.347 e. The lowest BCUT2D eigenvalue weighted by atomic mass is 10.0. The van der Waals surface area contributed by atoms with Crippen molar-refractivity contribution in [3.8, 4) is 0 Å². The first-order valence-corrected chi connectivity index (χ1v) is 11.0. The molecule has 8 heteroatoms. The van der Waals surface area contributed by atoms with Gasteiger partial charge in [0.15, 0.2) is 9.84 Å². The third-order valence-electron chi connectivity index (χ3n) is 4.67. The zero-order valence-electron chi connectivity index (χ0n) is 13.2. The molecule has 2 unspecified atom stereocenters. The number of rotatable bonds is 3. The monoisotopic (exact) mass is 466 g/mol. The minimum Gasteiger partial charge on any atom is -0.347 e. The van der Waals surface area contributed by atoms with Gasteiger partial charge in [-0.05, 0) is 66.7 Å². The van der Waals surface area contributed by atoms with Gasteiger partial charge in [-0.1, -0.05) is 6.42 Å². The molecule has 0 saturated carbocycles. The van der Waals surface area contributed by atoms with Crippen LogP contribution in [0.5, 0.6) is 0 Å². The fraction of sp³-hybridized carbons (Fsp3) is 0.562. The van der Waals surface area contributed by atoms with E-state index in [-0.39, 0.29) is 23.5 Å². The Morgan fingerprint density at radius 3 is 2.58 bits per heavy atom. The number of likely N-dealkylation sites (tertiary alicyclic amines) is 1. The van der Waals surface area contributed by atoms with Gasteiger partial charge in [0, 0.05) is 9.61 Å². The Hall–Kier alpha value is -0.740. The van der Waals surface area contributed by atoms with E-state index >= 15 is 0 Å². The van der Waals surface area contributed by atoms with Crippen LogP contribution in [0, 0.1) is 9.39 Å². The second-order valence-corrected chi connectivity index (χ2v) is 9.76. The Labute approximate surface area is 155 Å². The minimum atomic E-state index is -3.16. The zero-order chi connectivity index (χ0) is 17.3. The van der Waals surface area contributed by atoms with Crippen LogP contribution in [-0.4, -0.2) is 55.9 Å². The third-order valence-corrected chi connectivity index (χ3v) is 7.28. The second kappa shape index (κ2) is 7.25. The fourth-order valence-electron chi connectivity index (χ4n) is 3.50. The molecule has 2 saturated heterocycles. The molecule has 2 heterocycles. The van der Waals surface area contributed by atoms with Crippen molar-refractivity contribution in [1.29, 1.82) is 0 Å². The Bertz CT molecular complexity index is 735. The molecule has 132 valence electrons. The average molecular weight is 466 g/mol. The van der Waals surface area contributed by atoms with Crippen LogP contribution in [-0.2, 0) is 9.84 Å². The predicted octanol–water partition coefficient (Wildman–Crippen LogP) is 1.81. The van der Waals surface area contributed by atoms with Crippen LogP contribution in [0.3, 0.4) is 0 Å². The van der Waals surface area contributed by atoms with E-state index in [2.05, 4.69) is 10.2 Å². The molecule has 5 nitrogen and oxygen atoms in total. The van der Waals surface area contributed by atoms with Gasteiger partial charge in [0.1, 0.15) is 5.82 Å². The molecule has 0 aliphatic carbocycles. The molecule has 0 spiro atoms. The summed E-state index contributed by atoms with van der Waals surface area (Å²) < 4.78 is 37.9. The number of hydrogen-bond donors (Lipinski definition) is 1. The molecule has 0 aromatic heterocycles. The Morgan fingerprint density at radius 2 is 1.92 bits per heavy atom. The van der Waals surface area contributed by atoms with E-state index in [1.807, 2.05) is 22.6 Å². The van der Waals surface area contributed by atoms with Gasteiger partial charge in [-0.15, -0.1) is 0 Å². The van der Waals surface area contributed by atoms with E-state index in [9.17, 15) is 17.6 Å². The Balaban J connectivity index is 1.77. The van der Waals surface area contributed by atoms with Crippen molar-refractivity contribution < 1.29 is 17.6 Å². The highest BCUT2D eigenvalue weighted by atomic mass is 127. The first-order chi connectivity index (χ1) is 11.4. The molecule has 1 N–H and O–H groups in total. The van der Waals surface area contributed by atoms with Crippen molar-refractivity contribution in [2.45, 2.75) is 31.3 Å². The number of nitrogens with zero attached hydrogens (tertiary/aromatic N) is 1. The summed E-state index contributed by atoms with van der Waals surface area (Å²) in [6.07, 6.45) is 3.29. The smallest absolute Gasteiger partial charge is 0.252 e. The average Bonchev–Trinajstić information content (AvgIpc) is 2.82. The molecule has 24 heavy (non-hydrogen) atoms. The van der Waals surface area contributed by atoms with Gasteiger partial charge in [0.05, 0.1) is 23.1 Å². The lowest BCUT2D eigenvalue weighted by molar-refractivity contribution is 0.0899. The molecule has 1 aromatic rings. The molecule has 2 atom stereocenters. The van der Waals surface area contributed by atoms with E-state index in [4.69, 9.17) is 0 Å². The topological polar surface area (TPSA) is 66.5 Å². The number of amides is 1. The van der Waals surface area contributed by atoms with Crippen molar-refractivity contribution in [1.82, 2.24) is 10.2 Å². The lowest BCUT2D eigenvalue weighted by Gasteiger charge is -2.35. The van der Waals surface area contributed by atoms with Gasteiger partial charge in [-0.3, -0.25) is 9.69 Å². The highest BCUT2D eigenvalue weighted by Gasteiger charge is 2.42. The maximum absolute atomic E-state index is 13.2. The van der Waals surface area contributed by atoms with Gasteiger partial charge in [0.25, 0.3) is 5.91 Å². The standard InChI is InChI=1S/C16H20FIN2O3S/c17-11-4-5-12(13(18)8-11)16(21)19-14-9-24(22,23)10-15(14)20-6-2-1-3-7-20/h4-5,8,14-15H,1-3,6-7,9-10H2,(H,19,21). The van der Waals surface area contributed by atoms with E-state index in [1.165, 1.54) is 24.6 Å². The molecule has 2 aliphatic heterocycles. The van der Waals surface area contributed by atoms with Crippen LogP contribution < -0.4 is 5.32 Å². The first-order valence-electron chi connectivity index (χ1n) is 8.06. The van der Waals surface area contributed by atoms with Crippen LogP contribution >= 0.6 is 22.6 Å². The van der Waals surface area contributed by atoms with Gasteiger partial charge < -0.3 is 5.32 Å². The SMILES string of the molecule is O=C(NC1CS(=O)(=O)CC1N1CCCCC1)c1ccc(F)cc1I. The molecule has 0 radical (unpaired) electrons. The summed E-state index contributed by atoms with van der Waals surface area (Å²) in [5.41, 5.74) is 0.374. The highest BCUT2D eigenvalue weighted by molar-refractivity contribution is 14.1. The van der Waals surface area contributed by atoms with Gasteiger partial charge in [0.2, 0.25) is 0 Å². The van der Waals surface area contributed by atoms with Gasteiger partial charge in [-0.25, -0.2) is 12.8 Å². The molecule has 1 aromatic carbocycles. The number of carbonyl (C=O) groups excluding carboxylic acids is 1. The van der Waals surface area contributed by atoms with Crippen molar-refractivity contribution >= 4 is 38.3 Å². The molecule has 1 amide bonds. The molecule has 2 aliphatic rings. The zero-order valence-corrected chi connectivity index (χ0v) is 16.1. The van der Waals surface area contributed by atoms with Crippen LogP contribution in [0.25, 0.3) is 0 Å². The van der Waals surface area contributed by atoms with E-state index < -0.39 is 21.7 Å². The van der Waals surface area contributed by atoms with Crippen molar-refractivity contribution in [2.24, 2.45) is 0 Å². The Morgan fingerprint density at radius 1 is 1.21 bits per heavy atom. The fourth-order valence-corrected chi connectivity index (χ4v) is 6.17. The molecular weight excluding hydrogens is 446 g/mol. The third kappa shape index (κ3) is 4.08. The minimum absolute atomic E-state index is 0.0301. The highest BCUT2D eigenvalue weighted by Crippen LogP contribution is 2.23. The quantitative estimate of drug-likeness (QED) is 0.691.